The summed E-state index contributed by atoms with van der Waals surface area (Å²) in [6, 6.07) is 7.74. The average molecular weight is 253 g/mol. The molecule has 3 heteroatoms. The van der Waals surface area contributed by atoms with Crippen LogP contribution >= 0.6 is 0 Å². The highest BCUT2D eigenvalue weighted by Crippen LogP contribution is 2.34. The number of fused-ring (bicyclic) bond motifs is 1. The van der Waals surface area contributed by atoms with Crippen molar-refractivity contribution in [1.29, 1.82) is 5.26 Å². The Bertz CT molecular complexity index is 606. The highest BCUT2D eigenvalue weighted by atomic mass is 16.6. The third kappa shape index (κ3) is 2.53. The molecule has 2 rings (SSSR count). The molecule has 0 aliphatic carbocycles. The molecule has 0 amide bonds. The summed E-state index contributed by atoms with van der Waals surface area (Å²) in [5.74, 6) is 1.42. The van der Waals surface area contributed by atoms with Crippen molar-refractivity contribution in [2.24, 2.45) is 0 Å². The maximum absolute atomic E-state index is 9.23. The fourth-order valence-electron chi connectivity index (χ4n) is 1.87. The molecule has 0 unspecified atom stereocenters. The van der Waals surface area contributed by atoms with Gasteiger partial charge in [0.15, 0.2) is 11.5 Å². The SMILES string of the molecule is C=C/C(C)=C(\C#N)C(=C)c1ccc2c(c1)OCCO2. The van der Waals surface area contributed by atoms with Gasteiger partial charge in [0.25, 0.3) is 0 Å². The largest absolute Gasteiger partial charge is 0.486 e. The van der Waals surface area contributed by atoms with Gasteiger partial charge in [0.05, 0.1) is 5.57 Å². The third-order valence-corrected chi connectivity index (χ3v) is 3.00. The Morgan fingerprint density at radius 1 is 1.32 bits per heavy atom. The van der Waals surface area contributed by atoms with Gasteiger partial charge in [-0.15, -0.1) is 0 Å². The summed E-state index contributed by atoms with van der Waals surface area (Å²) in [6.07, 6.45) is 1.65. The van der Waals surface area contributed by atoms with Crippen LogP contribution in [0.1, 0.15) is 12.5 Å². The molecule has 0 saturated heterocycles. The van der Waals surface area contributed by atoms with E-state index < -0.39 is 0 Å². The van der Waals surface area contributed by atoms with Gasteiger partial charge in [-0.2, -0.15) is 5.26 Å². The van der Waals surface area contributed by atoms with E-state index in [4.69, 9.17) is 9.47 Å². The number of rotatable bonds is 3. The summed E-state index contributed by atoms with van der Waals surface area (Å²) >= 11 is 0. The molecule has 0 N–H and O–H groups in total. The fourth-order valence-corrected chi connectivity index (χ4v) is 1.87. The summed E-state index contributed by atoms with van der Waals surface area (Å²) in [7, 11) is 0. The van der Waals surface area contributed by atoms with E-state index in [2.05, 4.69) is 19.2 Å². The number of allylic oxidation sites excluding steroid dienone is 4. The van der Waals surface area contributed by atoms with Gasteiger partial charge in [0.1, 0.15) is 19.3 Å². The Morgan fingerprint density at radius 2 is 2.00 bits per heavy atom. The van der Waals surface area contributed by atoms with E-state index in [0.29, 0.717) is 30.1 Å². The van der Waals surface area contributed by atoms with Crippen molar-refractivity contribution in [3.8, 4) is 17.6 Å². The van der Waals surface area contributed by atoms with Gasteiger partial charge in [0, 0.05) is 0 Å². The van der Waals surface area contributed by atoms with E-state index in [1.807, 2.05) is 25.1 Å². The van der Waals surface area contributed by atoms with Gasteiger partial charge in [0.2, 0.25) is 0 Å². The molecular weight excluding hydrogens is 238 g/mol. The first kappa shape index (κ1) is 13.0. The van der Waals surface area contributed by atoms with Crippen LogP contribution in [0.2, 0.25) is 0 Å². The van der Waals surface area contributed by atoms with Crippen molar-refractivity contribution >= 4 is 5.57 Å². The number of nitriles is 1. The monoisotopic (exact) mass is 253 g/mol. The van der Waals surface area contributed by atoms with Crippen molar-refractivity contribution < 1.29 is 9.47 Å². The Labute approximate surface area is 113 Å². The quantitative estimate of drug-likeness (QED) is 0.611. The molecule has 0 radical (unpaired) electrons. The number of hydrogen-bond acceptors (Lipinski definition) is 3. The van der Waals surface area contributed by atoms with Gasteiger partial charge in [-0.05, 0) is 35.8 Å². The van der Waals surface area contributed by atoms with Crippen LogP contribution < -0.4 is 9.47 Å². The Kier molecular flexibility index (Phi) is 3.72. The average Bonchev–Trinajstić information content (AvgIpc) is 2.47. The summed E-state index contributed by atoms with van der Waals surface area (Å²) in [6.45, 7) is 10.6. The first-order valence-corrected chi connectivity index (χ1v) is 6.00. The summed E-state index contributed by atoms with van der Waals surface area (Å²) in [5.41, 5.74) is 2.85. The van der Waals surface area contributed by atoms with Gasteiger partial charge in [-0.25, -0.2) is 0 Å². The zero-order chi connectivity index (χ0) is 13.8. The molecule has 1 aliphatic heterocycles. The minimum Gasteiger partial charge on any atom is -0.486 e. The van der Waals surface area contributed by atoms with Gasteiger partial charge in [-0.1, -0.05) is 25.3 Å². The lowest BCUT2D eigenvalue weighted by Gasteiger charge is -2.19. The van der Waals surface area contributed by atoms with Crippen LogP contribution in [0.5, 0.6) is 11.5 Å². The molecule has 3 nitrogen and oxygen atoms in total. The van der Waals surface area contributed by atoms with Crippen LogP contribution in [-0.4, -0.2) is 13.2 Å². The second-order valence-corrected chi connectivity index (χ2v) is 4.21. The smallest absolute Gasteiger partial charge is 0.161 e. The number of hydrogen-bond donors (Lipinski definition) is 0. The topological polar surface area (TPSA) is 42.2 Å². The summed E-state index contributed by atoms with van der Waals surface area (Å²) < 4.78 is 11.0. The highest BCUT2D eigenvalue weighted by Gasteiger charge is 2.14. The molecule has 0 atom stereocenters. The molecule has 19 heavy (non-hydrogen) atoms. The molecule has 96 valence electrons. The van der Waals surface area contributed by atoms with Gasteiger partial charge >= 0.3 is 0 Å². The second-order valence-electron chi connectivity index (χ2n) is 4.21. The third-order valence-electron chi connectivity index (χ3n) is 3.00. The lowest BCUT2D eigenvalue weighted by atomic mass is 9.96. The van der Waals surface area contributed by atoms with E-state index in [0.717, 1.165) is 16.9 Å². The maximum atomic E-state index is 9.23. The molecule has 1 aliphatic rings. The maximum Gasteiger partial charge on any atom is 0.161 e. The summed E-state index contributed by atoms with van der Waals surface area (Å²) in [5, 5.41) is 9.23. The first-order chi connectivity index (χ1) is 9.17. The van der Waals surface area contributed by atoms with E-state index >= 15 is 0 Å². The molecule has 1 aromatic carbocycles. The molecule has 1 heterocycles. The van der Waals surface area contributed by atoms with Crippen LogP contribution in [0.15, 0.2) is 48.6 Å². The van der Waals surface area contributed by atoms with Crippen LogP contribution in [0.3, 0.4) is 0 Å². The van der Waals surface area contributed by atoms with Gasteiger partial charge < -0.3 is 9.47 Å². The minimum atomic E-state index is 0.534. The van der Waals surface area contributed by atoms with Crippen LogP contribution in [0.25, 0.3) is 5.57 Å². The van der Waals surface area contributed by atoms with Crippen molar-refractivity contribution in [3.63, 3.8) is 0 Å². The fraction of sp³-hybridized carbons (Fsp3) is 0.188. The van der Waals surface area contributed by atoms with Crippen LogP contribution in [-0.2, 0) is 0 Å². The first-order valence-electron chi connectivity index (χ1n) is 6.00. The lowest BCUT2D eigenvalue weighted by molar-refractivity contribution is 0.171. The normalized spacial score (nSPS) is 14.1. The Morgan fingerprint density at radius 3 is 2.63 bits per heavy atom. The van der Waals surface area contributed by atoms with Crippen molar-refractivity contribution in [1.82, 2.24) is 0 Å². The summed E-state index contributed by atoms with van der Waals surface area (Å²) in [4.78, 5) is 0. The van der Waals surface area contributed by atoms with E-state index in [-0.39, 0.29) is 0 Å². The van der Waals surface area contributed by atoms with E-state index in [1.54, 1.807) is 6.08 Å². The number of ether oxygens (including phenoxy) is 2. The standard InChI is InChI=1S/C16H15NO2/c1-4-11(2)14(10-17)12(3)13-5-6-15-16(9-13)19-8-7-18-15/h4-6,9H,1,3,7-8H2,2H3/b14-11+. The number of nitrogens with zero attached hydrogens (tertiary/aromatic N) is 1. The molecular formula is C16H15NO2. The Balaban J connectivity index is 2.40. The van der Waals surface area contributed by atoms with Crippen molar-refractivity contribution in [2.75, 3.05) is 13.2 Å². The highest BCUT2D eigenvalue weighted by molar-refractivity contribution is 5.83. The number of benzene rings is 1. The molecule has 0 bridgehead atoms. The van der Waals surface area contributed by atoms with Crippen LogP contribution in [0, 0.1) is 11.3 Å². The van der Waals surface area contributed by atoms with E-state index in [9.17, 15) is 5.26 Å². The zero-order valence-electron chi connectivity index (χ0n) is 10.9. The molecule has 0 spiro atoms. The van der Waals surface area contributed by atoms with Crippen molar-refractivity contribution in [3.05, 3.63) is 54.1 Å². The van der Waals surface area contributed by atoms with E-state index in [1.165, 1.54) is 0 Å². The predicted octanol–water partition coefficient (Wildman–Crippen LogP) is 3.50. The van der Waals surface area contributed by atoms with Gasteiger partial charge in [-0.3, -0.25) is 0 Å². The zero-order valence-corrected chi connectivity index (χ0v) is 10.9. The predicted molar refractivity (Wildman–Crippen MR) is 75.0 cm³/mol. The molecule has 1 aromatic rings. The molecule has 0 fully saturated rings. The van der Waals surface area contributed by atoms with Crippen molar-refractivity contribution in [2.45, 2.75) is 6.92 Å². The molecule has 0 saturated carbocycles. The molecule has 0 aromatic heterocycles. The Hall–Kier alpha value is -2.47. The lowest BCUT2D eigenvalue weighted by Crippen LogP contribution is -2.15. The second kappa shape index (κ2) is 5.45. The van der Waals surface area contributed by atoms with Crippen LogP contribution in [0.4, 0.5) is 0 Å². The minimum absolute atomic E-state index is 0.534.